The zero-order valence-corrected chi connectivity index (χ0v) is 15.3. The molecule has 140 valence electrons. The summed E-state index contributed by atoms with van der Waals surface area (Å²) < 4.78 is 4.95. The van der Waals surface area contributed by atoms with Crippen LogP contribution in [0.4, 0.5) is 17.2 Å². The van der Waals surface area contributed by atoms with E-state index in [1.807, 2.05) is 48.5 Å². The van der Waals surface area contributed by atoms with E-state index in [0.717, 1.165) is 5.56 Å². The number of benzene rings is 2. The zero-order valence-electron chi connectivity index (χ0n) is 15.3. The molecule has 0 saturated heterocycles. The molecule has 2 amide bonds. The molecule has 0 saturated carbocycles. The van der Waals surface area contributed by atoms with Gasteiger partial charge in [-0.05, 0) is 24.6 Å². The third kappa shape index (κ3) is 3.68. The van der Waals surface area contributed by atoms with E-state index in [1.54, 1.807) is 19.1 Å². The van der Waals surface area contributed by atoms with Crippen LogP contribution in [0.3, 0.4) is 0 Å². The SMILES string of the molecule is Cc1cc(NC(=O)CN2C(=O)CC(c3ccccc3)=Nc3ccccc32)no1. The Hall–Kier alpha value is -3.74. The lowest BCUT2D eigenvalue weighted by atomic mass is 10.1. The summed E-state index contributed by atoms with van der Waals surface area (Å²) >= 11 is 0. The van der Waals surface area contributed by atoms with Gasteiger partial charge in [0.05, 0.1) is 23.5 Å². The minimum atomic E-state index is -0.361. The predicted molar refractivity (Wildman–Crippen MR) is 106 cm³/mol. The van der Waals surface area contributed by atoms with Crippen LogP contribution in [0.1, 0.15) is 17.7 Å². The van der Waals surface area contributed by atoms with Crippen LogP contribution in [0.25, 0.3) is 0 Å². The van der Waals surface area contributed by atoms with Crippen molar-refractivity contribution >= 4 is 34.7 Å². The molecular weight excluding hydrogens is 356 g/mol. The Morgan fingerprint density at radius 2 is 1.89 bits per heavy atom. The number of amides is 2. The first-order valence-electron chi connectivity index (χ1n) is 8.86. The van der Waals surface area contributed by atoms with Crippen molar-refractivity contribution in [1.82, 2.24) is 5.16 Å². The average molecular weight is 374 g/mol. The molecule has 0 fully saturated rings. The van der Waals surface area contributed by atoms with Gasteiger partial charge in [-0.25, -0.2) is 0 Å². The quantitative estimate of drug-likeness (QED) is 0.757. The summed E-state index contributed by atoms with van der Waals surface area (Å²) in [5.41, 5.74) is 2.81. The van der Waals surface area contributed by atoms with Crippen LogP contribution in [0.2, 0.25) is 0 Å². The van der Waals surface area contributed by atoms with Crippen molar-refractivity contribution in [2.75, 3.05) is 16.8 Å². The minimum absolute atomic E-state index is 0.106. The summed E-state index contributed by atoms with van der Waals surface area (Å²) in [7, 11) is 0. The third-order valence-electron chi connectivity index (χ3n) is 4.35. The fourth-order valence-electron chi connectivity index (χ4n) is 3.07. The lowest BCUT2D eigenvalue weighted by molar-refractivity contribution is -0.120. The second-order valence-corrected chi connectivity index (χ2v) is 6.44. The normalized spacial score (nSPS) is 13.5. The van der Waals surface area contributed by atoms with Gasteiger partial charge in [0.15, 0.2) is 5.82 Å². The van der Waals surface area contributed by atoms with Gasteiger partial charge in [-0.1, -0.05) is 47.6 Å². The van der Waals surface area contributed by atoms with Crippen LogP contribution in [0.15, 0.2) is 70.2 Å². The zero-order chi connectivity index (χ0) is 19.5. The van der Waals surface area contributed by atoms with Gasteiger partial charge in [0.2, 0.25) is 11.8 Å². The Balaban J connectivity index is 1.61. The van der Waals surface area contributed by atoms with Crippen molar-refractivity contribution in [3.63, 3.8) is 0 Å². The molecule has 0 atom stereocenters. The highest BCUT2D eigenvalue weighted by molar-refractivity contribution is 6.18. The molecule has 7 heteroatoms. The lowest BCUT2D eigenvalue weighted by Gasteiger charge is -2.21. The molecule has 1 aliphatic rings. The van der Waals surface area contributed by atoms with Gasteiger partial charge in [0.25, 0.3) is 0 Å². The van der Waals surface area contributed by atoms with Crippen molar-refractivity contribution in [3.8, 4) is 0 Å². The molecule has 1 aromatic heterocycles. The second-order valence-electron chi connectivity index (χ2n) is 6.44. The number of carbonyl (C=O) groups excluding carboxylic acids is 2. The highest BCUT2D eigenvalue weighted by Gasteiger charge is 2.26. The van der Waals surface area contributed by atoms with E-state index in [1.165, 1.54) is 4.90 Å². The number of aliphatic imine (C=N–C) groups is 1. The number of nitrogens with one attached hydrogen (secondary N) is 1. The summed E-state index contributed by atoms with van der Waals surface area (Å²) in [4.78, 5) is 31.6. The number of carbonyl (C=O) groups is 2. The molecule has 1 N–H and O–H groups in total. The lowest BCUT2D eigenvalue weighted by Crippen LogP contribution is -2.38. The maximum absolute atomic E-state index is 13.0. The maximum Gasteiger partial charge on any atom is 0.245 e. The summed E-state index contributed by atoms with van der Waals surface area (Å²) in [6.07, 6.45) is 0.106. The van der Waals surface area contributed by atoms with Crippen molar-refractivity contribution in [2.45, 2.75) is 13.3 Å². The maximum atomic E-state index is 13.0. The molecule has 0 aliphatic carbocycles. The van der Waals surface area contributed by atoms with Crippen LogP contribution in [0.5, 0.6) is 0 Å². The summed E-state index contributed by atoms with van der Waals surface area (Å²) in [5.74, 6) is 0.352. The molecule has 0 unspecified atom stereocenters. The smallest absolute Gasteiger partial charge is 0.245 e. The Kier molecular flexibility index (Phi) is 4.72. The van der Waals surface area contributed by atoms with Gasteiger partial charge in [-0.3, -0.25) is 14.6 Å². The molecule has 3 aromatic rings. The number of hydrogen-bond acceptors (Lipinski definition) is 5. The van der Waals surface area contributed by atoms with Gasteiger partial charge in [-0.2, -0.15) is 0 Å². The topological polar surface area (TPSA) is 87.8 Å². The third-order valence-corrected chi connectivity index (χ3v) is 4.35. The first-order valence-corrected chi connectivity index (χ1v) is 8.86. The molecule has 1 aliphatic heterocycles. The number of nitrogens with zero attached hydrogens (tertiary/aromatic N) is 3. The number of anilines is 2. The van der Waals surface area contributed by atoms with Crippen LogP contribution in [0, 0.1) is 6.92 Å². The Bertz CT molecular complexity index is 1060. The summed E-state index contributed by atoms with van der Waals surface area (Å²) in [6, 6.07) is 18.5. The summed E-state index contributed by atoms with van der Waals surface area (Å²) in [6.45, 7) is 1.60. The van der Waals surface area contributed by atoms with Gasteiger partial charge in [0.1, 0.15) is 12.3 Å². The molecule has 7 nitrogen and oxygen atoms in total. The highest BCUT2D eigenvalue weighted by Crippen LogP contribution is 2.32. The number of hydrogen-bond donors (Lipinski definition) is 1. The monoisotopic (exact) mass is 374 g/mol. The highest BCUT2D eigenvalue weighted by atomic mass is 16.5. The molecule has 0 spiro atoms. The van der Waals surface area contributed by atoms with E-state index in [-0.39, 0.29) is 24.8 Å². The second kappa shape index (κ2) is 7.48. The molecule has 0 radical (unpaired) electrons. The number of aromatic nitrogens is 1. The van der Waals surface area contributed by atoms with E-state index in [4.69, 9.17) is 9.52 Å². The fraction of sp³-hybridized carbons (Fsp3) is 0.143. The Morgan fingerprint density at radius 3 is 2.64 bits per heavy atom. The number of aryl methyl sites for hydroxylation is 1. The Labute approximate surface area is 161 Å². The van der Waals surface area contributed by atoms with Gasteiger partial charge in [0, 0.05) is 6.07 Å². The molecular formula is C21H18N4O3. The van der Waals surface area contributed by atoms with E-state index in [9.17, 15) is 9.59 Å². The van der Waals surface area contributed by atoms with Gasteiger partial charge in [-0.15, -0.1) is 0 Å². The van der Waals surface area contributed by atoms with Crippen LogP contribution < -0.4 is 10.2 Å². The number of fused-ring (bicyclic) bond motifs is 1. The molecule has 2 heterocycles. The molecule has 28 heavy (non-hydrogen) atoms. The first kappa shape index (κ1) is 17.7. The van der Waals surface area contributed by atoms with E-state index in [2.05, 4.69) is 10.5 Å². The standard InChI is InChI=1S/C21H18N4O3/c1-14-11-19(24-28-14)23-20(26)13-25-18-10-6-5-9-16(18)22-17(12-21(25)27)15-7-3-2-4-8-15/h2-11H,12-13H2,1H3,(H,23,24,26). The van der Waals surface area contributed by atoms with E-state index in [0.29, 0.717) is 28.7 Å². The van der Waals surface area contributed by atoms with Crippen LogP contribution in [-0.4, -0.2) is 29.2 Å². The van der Waals surface area contributed by atoms with Crippen molar-refractivity contribution < 1.29 is 14.1 Å². The Morgan fingerprint density at radius 1 is 1.14 bits per heavy atom. The average Bonchev–Trinajstić information content (AvgIpc) is 3.05. The molecule has 4 rings (SSSR count). The predicted octanol–water partition coefficient (Wildman–Crippen LogP) is 3.48. The van der Waals surface area contributed by atoms with Gasteiger partial charge >= 0.3 is 0 Å². The van der Waals surface area contributed by atoms with E-state index < -0.39 is 0 Å². The number of para-hydroxylation sites is 2. The van der Waals surface area contributed by atoms with Gasteiger partial charge < -0.3 is 14.7 Å². The van der Waals surface area contributed by atoms with Crippen molar-refractivity contribution in [3.05, 3.63) is 72.0 Å². The minimum Gasteiger partial charge on any atom is -0.360 e. The van der Waals surface area contributed by atoms with Crippen molar-refractivity contribution in [1.29, 1.82) is 0 Å². The summed E-state index contributed by atoms with van der Waals surface area (Å²) in [5, 5.41) is 6.40. The largest absolute Gasteiger partial charge is 0.360 e. The number of rotatable bonds is 4. The van der Waals surface area contributed by atoms with Crippen LogP contribution >= 0.6 is 0 Å². The molecule has 2 aromatic carbocycles. The first-order chi connectivity index (χ1) is 13.6. The van der Waals surface area contributed by atoms with E-state index >= 15 is 0 Å². The van der Waals surface area contributed by atoms with Crippen LogP contribution in [-0.2, 0) is 9.59 Å². The van der Waals surface area contributed by atoms with Crippen molar-refractivity contribution in [2.24, 2.45) is 4.99 Å². The molecule has 0 bridgehead atoms. The fourth-order valence-corrected chi connectivity index (χ4v) is 3.07.